The van der Waals surface area contributed by atoms with Crippen molar-refractivity contribution in [1.29, 1.82) is 0 Å². The topological polar surface area (TPSA) is 52.6 Å². The van der Waals surface area contributed by atoms with Crippen molar-refractivity contribution in [3.05, 3.63) is 0 Å². The second-order valence-corrected chi connectivity index (χ2v) is 20.1. The van der Waals surface area contributed by atoms with Crippen molar-refractivity contribution < 1.29 is 15.7 Å². The van der Waals surface area contributed by atoms with E-state index in [9.17, 15) is 9.59 Å². The predicted molar refractivity (Wildman–Crippen MR) is 150 cm³/mol. The van der Waals surface area contributed by atoms with Gasteiger partial charge in [-0.25, -0.2) is 0 Å². The number of thiol groups is 2. The van der Waals surface area contributed by atoms with Crippen LogP contribution in [0, 0.1) is 11.8 Å². The maximum absolute atomic E-state index is 13.1. The molecule has 0 rings (SSSR count). The molecule has 0 aliphatic carbocycles. The fourth-order valence-electron chi connectivity index (χ4n) is 4.40. The average molecular weight is 612 g/mol. The first-order valence-electron chi connectivity index (χ1n) is 13.5. The molecule has 0 aromatic rings. The molecule has 0 aromatic carbocycles. The molecule has 0 radical (unpaired) electrons. The van der Waals surface area contributed by atoms with Crippen molar-refractivity contribution >= 4 is 56.4 Å². The van der Waals surface area contributed by atoms with Crippen molar-refractivity contribution in [3.8, 4) is 0 Å². The zero-order chi connectivity index (χ0) is 25.3. The van der Waals surface area contributed by atoms with Gasteiger partial charge in [-0.2, -0.15) is 0 Å². The second-order valence-electron chi connectivity index (χ2n) is 9.59. The van der Waals surface area contributed by atoms with E-state index in [1.165, 1.54) is 12.8 Å². The molecule has 0 fully saturated rings. The van der Waals surface area contributed by atoms with Crippen molar-refractivity contribution in [2.45, 2.75) is 138 Å². The number of unbranched alkanes of at least 4 members (excludes halogenated alkanes) is 2. The van der Waals surface area contributed by atoms with E-state index in [-0.39, 0.29) is 11.9 Å². The molecule has 0 amide bonds. The van der Waals surface area contributed by atoms with Gasteiger partial charge in [0.15, 0.2) is 0 Å². The quantitative estimate of drug-likeness (QED) is 0.108. The Labute approximate surface area is 220 Å². The molecule has 33 heavy (non-hydrogen) atoms. The summed E-state index contributed by atoms with van der Waals surface area (Å²) in [4.78, 5) is 26.1. The molecular weight excluding hydrogens is 559 g/mol. The van der Waals surface area contributed by atoms with Crippen LogP contribution in [0.5, 0.6) is 0 Å². The molecule has 0 heterocycles. The van der Waals surface area contributed by atoms with E-state index in [1.807, 2.05) is 0 Å². The summed E-state index contributed by atoms with van der Waals surface area (Å²) in [5.74, 6) is 0.369. The Morgan fingerprint density at radius 2 is 1.03 bits per heavy atom. The van der Waals surface area contributed by atoms with Gasteiger partial charge in [-0.1, -0.05) is 0 Å². The zero-order valence-electron chi connectivity index (χ0n) is 22.2. The Hall–Kier alpha value is 0.439. The minimum atomic E-state index is -3.93. The summed E-state index contributed by atoms with van der Waals surface area (Å²) >= 11 is 5.29. The fourth-order valence-corrected chi connectivity index (χ4v) is 14.9. The van der Waals surface area contributed by atoms with Crippen LogP contribution in [-0.2, 0) is 15.7 Å². The van der Waals surface area contributed by atoms with Crippen molar-refractivity contribution in [3.63, 3.8) is 0 Å². The van der Waals surface area contributed by atoms with E-state index in [2.05, 4.69) is 66.8 Å². The molecule has 4 nitrogen and oxygen atoms in total. The molecular formula is C26H52O4S2Sn. The van der Waals surface area contributed by atoms with Gasteiger partial charge in [0.05, 0.1) is 0 Å². The first-order chi connectivity index (χ1) is 15.7. The Balaban J connectivity index is 5.29. The summed E-state index contributed by atoms with van der Waals surface area (Å²) in [6, 6.07) is 0. The second kappa shape index (κ2) is 19.6. The van der Waals surface area contributed by atoms with Crippen LogP contribution in [0.2, 0.25) is 8.87 Å². The summed E-state index contributed by atoms with van der Waals surface area (Å²) in [7, 11) is 0. The van der Waals surface area contributed by atoms with E-state index in [0.29, 0.717) is 20.7 Å². The average Bonchev–Trinajstić information content (AvgIpc) is 2.79. The van der Waals surface area contributed by atoms with Crippen LogP contribution in [0.3, 0.4) is 0 Å². The molecule has 0 spiro atoms. The molecule has 0 N–H and O–H groups in total. The van der Waals surface area contributed by atoms with E-state index < -0.39 is 29.7 Å². The first-order valence-corrected chi connectivity index (χ1v) is 20.9. The van der Waals surface area contributed by atoms with Crippen LogP contribution in [0.4, 0.5) is 0 Å². The van der Waals surface area contributed by atoms with Crippen molar-refractivity contribution in [1.82, 2.24) is 0 Å². The third kappa shape index (κ3) is 13.9. The summed E-state index contributed by atoms with van der Waals surface area (Å²) in [6.07, 6.45) is 12.1. The van der Waals surface area contributed by atoms with Gasteiger partial charge < -0.3 is 0 Å². The molecule has 7 heteroatoms. The molecule has 4 atom stereocenters. The van der Waals surface area contributed by atoms with E-state index >= 15 is 0 Å². The summed E-state index contributed by atoms with van der Waals surface area (Å²) in [6.45, 7) is 12.8. The van der Waals surface area contributed by atoms with Crippen LogP contribution in [-0.4, -0.2) is 41.6 Å². The third-order valence-corrected chi connectivity index (χ3v) is 17.9. The summed E-state index contributed by atoms with van der Waals surface area (Å²) < 4.78 is 13.7. The fraction of sp³-hybridized carbons (Fsp3) is 0.923. The third-order valence-electron chi connectivity index (χ3n) is 6.58. The number of hydrogen-bond acceptors (Lipinski definition) is 6. The number of hydrogen-bond donors (Lipinski definition) is 2. The van der Waals surface area contributed by atoms with Crippen LogP contribution >= 0.6 is 25.3 Å². The van der Waals surface area contributed by atoms with Gasteiger partial charge in [0.1, 0.15) is 0 Å². The SMILES string of the molecule is CCCCC(CC)CC(S)C(=O)[O][Sn]([CH2]CC)([CH2]CC)[O]C(=O)C(S)CC(CC)CCCC. The molecule has 0 saturated heterocycles. The van der Waals surface area contributed by atoms with E-state index in [1.54, 1.807) is 0 Å². The Kier molecular flexibility index (Phi) is 19.9. The van der Waals surface area contributed by atoms with Gasteiger partial charge in [0.2, 0.25) is 0 Å². The normalized spacial score (nSPS) is 15.5. The molecule has 0 saturated carbocycles. The predicted octanol–water partition coefficient (Wildman–Crippen LogP) is 8.14. The standard InChI is InChI=1S/2C10H20O2S.2C3H7.Sn/c2*1-3-5-6-8(4-2)7-9(13)10(11)12;2*1-3-2;/h2*8-9,13H,3-7H2,1-2H3,(H,11,12);2*1,3H2,2H3;/q;;;;+2/p-2. The van der Waals surface area contributed by atoms with Gasteiger partial charge >= 0.3 is 222 Å². The van der Waals surface area contributed by atoms with Gasteiger partial charge in [0, 0.05) is 0 Å². The summed E-state index contributed by atoms with van der Waals surface area (Å²) in [5, 5.41) is -0.916. The minimum absolute atomic E-state index is 0.288. The molecule has 0 aliphatic rings. The van der Waals surface area contributed by atoms with E-state index in [4.69, 9.17) is 6.15 Å². The maximum atomic E-state index is 13.1. The molecule has 0 aliphatic heterocycles. The monoisotopic (exact) mass is 612 g/mol. The van der Waals surface area contributed by atoms with Gasteiger partial charge in [0.25, 0.3) is 0 Å². The van der Waals surface area contributed by atoms with Crippen LogP contribution in [0.15, 0.2) is 0 Å². The van der Waals surface area contributed by atoms with Crippen LogP contribution in [0.25, 0.3) is 0 Å². The van der Waals surface area contributed by atoms with Gasteiger partial charge in [-0.05, 0) is 0 Å². The Morgan fingerprint density at radius 3 is 1.30 bits per heavy atom. The number of carbonyl (C=O) groups excluding carboxylic acids is 2. The number of carbonyl (C=O) groups is 2. The van der Waals surface area contributed by atoms with Crippen LogP contribution < -0.4 is 0 Å². The van der Waals surface area contributed by atoms with Crippen LogP contribution in [0.1, 0.15) is 119 Å². The van der Waals surface area contributed by atoms with Crippen molar-refractivity contribution in [2.75, 3.05) is 0 Å². The zero-order valence-corrected chi connectivity index (χ0v) is 26.9. The summed E-state index contributed by atoms with van der Waals surface area (Å²) in [5.41, 5.74) is 0. The molecule has 196 valence electrons. The van der Waals surface area contributed by atoms with Gasteiger partial charge in [-0.3, -0.25) is 0 Å². The Morgan fingerprint density at radius 1 is 0.667 bits per heavy atom. The molecule has 4 unspecified atom stereocenters. The van der Waals surface area contributed by atoms with Crippen molar-refractivity contribution in [2.24, 2.45) is 11.8 Å². The van der Waals surface area contributed by atoms with Gasteiger partial charge in [-0.15, -0.1) is 0 Å². The molecule has 0 bridgehead atoms. The van der Waals surface area contributed by atoms with E-state index in [0.717, 1.165) is 64.2 Å². The molecule has 0 aromatic heterocycles. The Bertz CT molecular complexity index is 486. The first kappa shape index (κ1) is 33.4. The number of rotatable bonds is 20.